The largest absolute Gasteiger partial charge is 0.383 e. The molecule has 0 radical (unpaired) electrons. The second kappa shape index (κ2) is 3.82. The molecule has 1 N–H and O–H groups in total. The van der Waals surface area contributed by atoms with Crippen LogP contribution in [-0.2, 0) is 4.74 Å². The van der Waals surface area contributed by atoms with E-state index in [1.165, 1.54) is 0 Å². The van der Waals surface area contributed by atoms with Crippen LogP contribution in [0, 0.1) is 10.8 Å². The maximum Gasteiger partial charge on any atom is 0.0615 e. The van der Waals surface area contributed by atoms with E-state index in [9.17, 15) is 0 Å². The van der Waals surface area contributed by atoms with Crippen LogP contribution < -0.4 is 5.32 Å². The lowest BCUT2D eigenvalue weighted by Gasteiger charge is -2.17. The molecule has 2 nitrogen and oxygen atoms in total. The van der Waals surface area contributed by atoms with Gasteiger partial charge in [0.25, 0.3) is 0 Å². The Morgan fingerprint density at radius 2 is 1.71 bits per heavy atom. The number of rotatable bonds is 5. The minimum absolute atomic E-state index is 0.425. The van der Waals surface area contributed by atoms with Crippen molar-refractivity contribution in [1.29, 1.82) is 0 Å². The molecule has 84 valence electrons. The predicted molar refractivity (Wildman–Crippen MR) is 60.4 cm³/mol. The molecule has 1 saturated carbocycles. The Morgan fingerprint density at radius 3 is 2.00 bits per heavy atom. The zero-order valence-corrected chi connectivity index (χ0v) is 10.5. The Kier molecular flexibility index (Phi) is 3.27. The summed E-state index contributed by atoms with van der Waals surface area (Å²) in [5, 5.41) is 3.70. The Morgan fingerprint density at radius 1 is 1.21 bits per heavy atom. The third kappa shape index (κ3) is 1.82. The smallest absolute Gasteiger partial charge is 0.0615 e. The van der Waals surface area contributed by atoms with Crippen molar-refractivity contribution in [3.8, 4) is 0 Å². The lowest BCUT2D eigenvalue weighted by molar-refractivity contribution is 0.161. The molecule has 0 aromatic rings. The van der Waals surface area contributed by atoms with Crippen molar-refractivity contribution < 1.29 is 4.74 Å². The van der Waals surface area contributed by atoms with Crippen LogP contribution in [0.4, 0.5) is 0 Å². The zero-order chi connectivity index (χ0) is 11.0. The van der Waals surface area contributed by atoms with E-state index in [4.69, 9.17) is 4.74 Å². The van der Waals surface area contributed by atoms with Crippen LogP contribution >= 0.6 is 0 Å². The summed E-state index contributed by atoms with van der Waals surface area (Å²) in [6, 6.07) is 1.14. The first-order valence-corrected chi connectivity index (χ1v) is 5.63. The molecule has 1 aliphatic carbocycles. The molecule has 0 saturated heterocycles. The second-order valence-corrected chi connectivity index (χ2v) is 5.60. The molecule has 0 amide bonds. The van der Waals surface area contributed by atoms with Crippen LogP contribution in [0.2, 0.25) is 0 Å². The second-order valence-electron chi connectivity index (χ2n) is 5.60. The summed E-state index contributed by atoms with van der Waals surface area (Å²) in [5.41, 5.74) is 0.850. The van der Waals surface area contributed by atoms with Gasteiger partial charge in [0.2, 0.25) is 0 Å². The van der Waals surface area contributed by atoms with Crippen molar-refractivity contribution >= 4 is 0 Å². The molecule has 1 aliphatic rings. The first kappa shape index (κ1) is 12.0. The van der Waals surface area contributed by atoms with Crippen molar-refractivity contribution in [3.63, 3.8) is 0 Å². The van der Waals surface area contributed by atoms with Crippen molar-refractivity contribution in [2.24, 2.45) is 10.8 Å². The monoisotopic (exact) mass is 199 g/mol. The van der Waals surface area contributed by atoms with Gasteiger partial charge in [-0.1, -0.05) is 34.6 Å². The fourth-order valence-corrected chi connectivity index (χ4v) is 2.33. The maximum absolute atomic E-state index is 5.20. The SMILES string of the molecule is CCC(COC)NC1C(C)(C)C1(C)C. The summed E-state index contributed by atoms with van der Waals surface area (Å²) >= 11 is 0. The summed E-state index contributed by atoms with van der Waals surface area (Å²) in [4.78, 5) is 0. The van der Waals surface area contributed by atoms with Gasteiger partial charge in [-0.3, -0.25) is 0 Å². The van der Waals surface area contributed by atoms with Gasteiger partial charge in [0.15, 0.2) is 0 Å². The third-order valence-electron chi connectivity index (χ3n) is 4.28. The van der Waals surface area contributed by atoms with E-state index in [0.717, 1.165) is 13.0 Å². The molecule has 14 heavy (non-hydrogen) atoms. The Bertz CT molecular complexity index is 184. The molecule has 0 heterocycles. The Hall–Kier alpha value is -0.0800. The van der Waals surface area contributed by atoms with Crippen LogP contribution in [0.5, 0.6) is 0 Å². The van der Waals surface area contributed by atoms with Crippen LogP contribution in [0.15, 0.2) is 0 Å². The summed E-state index contributed by atoms with van der Waals surface area (Å²) in [6.07, 6.45) is 1.14. The molecule has 2 heteroatoms. The normalized spacial score (nSPS) is 26.1. The Balaban J connectivity index is 2.46. The summed E-state index contributed by atoms with van der Waals surface area (Å²) in [5.74, 6) is 0. The first-order valence-electron chi connectivity index (χ1n) is 5.63. The maximum atomic E-state index is 5.20. The van der Waals surface area contributed by atoms with Gasteiger partial charge < -0.3 is 10.1 Å². The molecule has 0 aliphatic heterocycles. The molecular formula is C12H25NO. The molecule has 1 unspecified atom stereocenters. The van der Waals surface area contributed by atoms with Gasteiger partial charge >= 0.3 is 0 Å². The lowest BCUT2D eigenvalue weighted by Crippen LogP contribution is -2.37. The standard InChI is InChI=1S/C12H25NO/c1-7-9(8-14-6)13-10-11(2,3)12(10,4)5/h9-10,13H,7-8H2,1-6H3. The molecule has 1 rings (SSSR count). The summed E-state index contributed by atoms with van der Waals surface area (Å²) < 4.78 is 5.20. The fourth-order valence-electron chi connectivity index (χ4n) is 2.33. The average Bonchev–Trinajstić information content (AvgIpc) is 2.46. The minimum atomic E-state index is 0.425. The van der Waals surface area contributed by atoms with Crippen LogP contribution in [-0.4, -0.2) is 25.8 Å². The molecule has 0 aromatic heterocycles. The molecular weight excluding hydrogens is 174 g/mol. The van der Waals surface area contributed by atoms with Gasteiger partial charge in [-0.25, -0.2) is 0 Å². The van der Waals surface area contributed by atoms with E-state index in [2.05, 4.69) is 39.9 Å². The van der Waals surface area contributed by atoms with E-state index < -0.39 is 0 Å². The van der Waals surface area contributed by atoms with Crippen LogP contribution in [0.25, 0.3) is 0 Å². The average molecular weight is 199 g/mol. The van der Waals surface area contributed by atoms with Crippen molar-refractivity contribution in [3.05, 3.63) is 0 Å². The number of methoxy groups -OCH3 is 1. The zero-order valence-electron chi connectivity index (χ0n) is 10.5. The van der Waals surface area contributed by atoms with Crippen molar-refractivity contribution in [1.82, 2.24) is 5.32 Å². The quantitative estimate of drug-likeness (QED) is 0.734. The highest BCUT2D eigenvalue weighted by molar-refractivity contribution is 5.18. The molecule has 1 fully saturated rings. The van der Waals surface area contributed by atoms with Crippen LogP contribution in [0.1, 0.15) is 41.0 Å². The highest BCUT2D eigenvalue weighted by Crippen LogP contribution is 2.62. The van der Waals surface area contributed by atoms with E-state index in [-0.39, 0.29) is 0 Å². The topological polar surface area (TPSA) is 21.3 Å². The van der Waals surface area contributed by atoms with Gasteiger partial charge in [-0.15, -0.1) is 0 Å². The van der Waals surface area contributed by atoms with Gasteiger partial charge in [0, 0.05) is 19.2 Å². The van der Waals surface area contributed by atoms with E-state index in [1.807, 2.05) is 0 Å². The van der Waals surface area contributed by atoms with Crippen LogP contribution in [0.3, 0.4) is 0 Å². The van der Waals surface area contributed by atoms with Crippen molar-refractivity contribution in [2.45, 2.75) is 53.1 Å². The number of hydrogen-bond acceptors (Lipinski definition) is 2. The van der Waals surface area contributed by atoms with Gasteiger partial charge in [-0.05, 0) is 17.3 Å². The minimum Gasteiger partial charge on any atom is -0.383 e. The Labute approximate surface area is 88.4 Å². The lowest BCUT2D eigenvalue weighted by atomic mass is 10.0. The van der Waals surface area contributed by atoms with E-state index in [0.29, 0.717) is 22.9 Å². The van der Waals surface area contributed by atoms with E-state index >= 15 is 0 Å². The summed E-state index contributed by atoms with van der Waals surface area (Å²) in [6.45, 7) is 12.4. The van der Waals surface area contributed by atoms with Gasteiger partial charge in [0.1, 0.15) is 0 Å². The highest BCUT2D eigenvalue weighted by Gasteiger charge is 2.64. The van der Waals surface area contributed by atoms with Gasteiger partial charge in [-0.2, -0.15) is 0 Å². The highest BCUT2D eigenvalue weighted by atomic mass is 16.5. The summed E-state index contributed by atoms with van der Waals surface area (Å²) in [7, 11) is 1.77. The number of nitrogens with one attached hydrogen (secondary N) is 1. The number of ether oxygens (including phenoxy) is 1. The van der Waals surface area contributed by atoms with Gasteiger partial charge in [0.05, 0.1) is 6.61 Å². The molecule has 0 bridgehead atoms. The third-order valence-corrected chi connectivity index (χ3v) is 4.28. The molecule has 1 atom stereocenters. The fraction of sp³-hybridized carbons (Fsp3) is 1.00. The molecule has 0 aromatic carbocycles. The van der Waals surface area contributed by atoms with Crippen molar-refractivity contribution in [2.75, 3.05) is 13.7 Å². The number of hydrogen-bond donors (Lipinski definition) is 1. The van der Waals surface area contributed by atoms with E-state index in [1.54, 1.807) is 7.11 Å². The molecule has 0 spiro atoms. The first-order chi connectivity index (χ1) is 6.37. The predicted octanol–water partition coefficient (Wildman–Crippen LogP) is 2.44.